The van der Waals surface area contributed by atoms with Gasteiger partial charge in [-0.2, -0.15) is 17.4 Å². The Balaban J connectivity index is 1.95. The fourth-order valence-corrected chi connectivity index (χ4v) is 5.10. The molecule has 0 amide bonds. The van der Waals surface area contributed by atoms with Crippen LogP contribution in [0.25, 0.3) is 0 Å². The van der Waals surface area contributed by atoms with E-state index in [9.17, 15) is 8.42 Å². The zero-order valence-corrected chi connectivity index (χ0v) is 14.2. The Hall–Kier alpha value is -0.210. The molecule has 21 heavy (non-hydrogen) atoms. The molecule has 6 nitrogen and oxygen atoms in total. The minimum absolute atomic E-state index is 0.132. The summed E-state index contributed by atoms with van der Waals surface area (Å²) in [6, 6.07) is 0.556. The van der Waals surface area contributed by atoms with E-state index in [-0.39, 0.29) is 18.1 Å². The average Bonchev–Trinajstić information content (AvgIpc) is 2.89. The number of rotatable bonds is 6. The zero-order valence-electron chi connectivity index (χ0n) is 13.4. The first-order chi connectivity index (χ1) is 9.94. The van der Waals surface area contributed by atoms with E-state index in [0.29, 0.717) is 19.7 Å². The Morgan fingerprint density at radius 2 is 1.71 bits per heavy atom. The van der Waals surface area contributed by atoms with Crippen LogP contribution in [-0.4, -0.2) is 69.1 Å². The van der Waals surface area contributed by atoms with E-state index in [4.69, 9.17) is 4.74 Å². The van der Waals surface area contributed by atoms with Crippen LogP contribution < -0.4 is 4.72 Å². The Bertz CT molecular complexity index is 411. The highest BCUT2D eigenvalue weighted by Crippen LogP contribution is 2.21. The largest absolute Gasteiger partial charge is 0.383 e. The van der Waals surface area contributed by atoms with Gasteiger partial charge in [-0.05, 0) is 26.7 Å². The minimum Gasteiger partial charge on any atom is -0.383 e. The fourth-order valence-electron chi connectivity index (χ4n) is 3.47. The molecule has 2 aliphatic rings. The molecule has 7 heteroatoms. The summed E-state index contributed by atoms with van der Waals surface area (Å²) in [5.41, 5.74) is 0. The SMILES string of the molecule is COCCN1C(C)CN(S(=O)(=O)NC2CCCC2)CC1C. The van der Waals surface area contributed by atoms with Crippen molar-refractivity contribution in [1.29, 1.82) is 0 Å². The lowest BCUT2D eigenvalue weighted by Crippen LogP contribution is -2.60. The number of nitrogens with one attached hydrogen (secondary N) is 1. The summed E-state index contributed by atoms with van der Waals surface area (Å²) in [5, 5.41) is 0. The van der Waals surface area contributed by atoms with Crippen molar-refractivity contribution >= 4 is 10.2 Å². The van der Waals surface area contributed by atoms with Crippen LogP contribution in [0.4, 0.5) is 0 Å². The van der Waals surface area contributed by atoms with Crippen LogP contribution in [0.15, 0.2) is 0 Å². The van der Waals surface area contributed by atoms with Gasteiger partial charge in [-0.15, -0.1) is 0 Å². The highest BCUT2D eigenvalue weighted by atomic mass is 32.2. The Morgan fingerprint density at radius 3 is 2.24 bits per heavy atom. The van der Waals surface area contributed by atoms with E-state index < -0.39 is 10.2 Å². The zero-order chi connectivity index (χ0) is 15.5. The lowest BCUT2D eigenvalue weighted by molar-refractivity contribution is 0.0490. The molecule has 2 unspecified atom stereocenters. The quantitative estimate of drug-likeness (QED) is 0.787. The highest BCUT2D eigenvalue weighted by Gasteiger charge is 2.36. The Morgan fingerprint density at radius 1 is 1.14 bits per heavy atom. The molecule has 1 N–H and O–H groups in total. The maximum absolute atomic E-state index is 12.5. The molecular weight excluding hydrogens is 290 g/mol. The molecule has 0 radical (unpaired) electrons. The third kappa shape index (κ3) is 4.39. The first-order valence-electron chi connectivity index (χ1n) is 7.96. The van der Waals surface area contributed by atoms with Crippen LogP contribution >= 0.6 is 0 Å². The number of hydrogen-bond acceptors (Lipinski definition) is 4. The maximum atomic E-state index is 12.5. The molecule has 124 valence electrons. The van der Waals surface area contributed by atoms with E-state index >= 15 is 0 Å². The third-order valence-electron chi connectivity index (χ3n) is 4.63. The summed E-state index contributed by atoms with van der Waals surface area (Å²) < 4.78 is 34.7. The van der Waals surface area contributed by atoms with E-state index in [1.165, 1.54) is 0 Å². The standard InChI is InChI=1S/C14H29N3O3S/c1-12-10-16(11-13(2)17(12)8-9-20-3)21(18,19)15-14-6-4-5-7-14/h12-15H,4-11H2,1-3H3. The number of piperazine rings is 1. The Labute approximate surface area is 129 Å². The lowest BCUT2D eigenvalue weighted by atomic mass is 10.1. The van der Waals surface area contributed by atoms with Gasteiger partial charge in [0.2, 0.25) is 0 Å². The number of ether oxygens (including phenoxy) is 1. The van der Waals surface area contributed by atoms with E-state index in [2.05, 4.69) is 23.5 Å². The van der Waals surface area contributed by atoms with Crippen molar-refractivity contribution in [3.63, 3.8) is 0 Å². The molecule has 0 aromatic rings. The van der Waals surface area contributed by atoms with Crippen LogP contribution in [0.2, 0.25) is 0 Å². The van der Waals surface area contributed by atoms with Gasteiger partial charge < -0.3 is 4.74 Å². The molecule has 1 saturated carbocycles. The highest BCUT2D eigenvalue weighted by molar-refractivity contribution is 7.87. The summed E-state index contributed by atoms with van der Waals surface area (Å²) in [5.74, 6) is 0. The number of nitrogens with zero attached hydrogens (tertiary/aromatic N) is 2. The summed E-state index contributed by atoms with van der Waals surface area (Å²) >= 11 is 0. The van der Waals surface area contributed by atoms with Gasteiger partial charge in [-0.1, -0.05) is 12.8 Å². The van der Waals surface area contributed by atoms with Crippen molar-refractivity contribution in [3.05, 3.63) is 0 Å². The summed E-state index contributed by atoms with van der Waals surface area (Å²) in [7, 11) is -1.66. The number of methoxy groups -OCH3 is 1. The predicted molar refractivity (Wildman–Crippen MR) is 83.4 cm³/mol. The molecular formula is C14H29N3O3S. The van der Waals surface area contributed by atoms with Gasteiger partial charge in [-0.25, -0.2) is 0 Å². The topological polar surface area (TPSA) is 61.9 Å². The van der Waals surface area contributed by atoms with Crippen LogP contribution in [0, 0.1) is 0 Å². The molecule has 0 aromatic carbocycles. The lowest BCUT2D eigenvalue weighted by Gasteiger charge is -2.43. The monoisotopic (exact) mass is 319 g/mol. The van der Waals surface area contributed by atoms with Crippen molar-refractivity contribution in [3.8, 4) is 0 Å². The fraction of sp³-hybridized carbons (Fsp3) is 1.00. The van der Waals surface area contributed by atoms with Gasteiger partial charge in [0.1, 0.15) is 0 Å². The van der Waals surface area contributed by atoms with Crippen molar-refractivity contribution in [1.82, 2.24) is 13.9 Å². The van der Waals surface area contributed by atoms with Gasteiger partial charge in [0.15, 0.2) is 0 Å². The molecule has 0 spiro atoms. The molecule has 1 aliphatic heterocycles. The molecule has 1 saturated heterocycles. The second-order valence-corrected chi connectivity index (χ2v) is 8.05. The maximum Gasteiger partial charge on any atom is 0.279 e. The van der Waals surface area contributed by atoms with Crippen LogP contribution in [0.1, 0.15) is 39.5 Å². The van der Waals surface area contributed by atoms with Gasteiger partial charge in [0.05, 0.1) is 6.61 Å². The van der Waals surface area contributed by atoms with Crippen LogP contribution in [-0.2, 0) is 14.9 Å². The minimum atomic E-state index is -3.35. The number of hydrogen-bond donors (Lipinski definition) is 1. The van der Waals surface area contributed by atoms with Crippen molar-refractivity contribution in [2.24, 2.45) is 0 Å². The predicted octanol–water partition coefficient (Wildman–Crippen LogP) is 0.804. The van der Waals surface area contributed by atoms with Crippen molar-refractivity contribution in [2.45, 2.75) is 57.7 Å². The third-order valence-corrected chi connectivity index (χ3v) is 6.24. The van der Waals surface area contributed by atoms with Crippen LogP contribution in [0.3, 0.4) is 0 Å². The molecule has 1 heterocycles. The average molecular weight is 319 g/mol. The van der Waals surface area contributed by atoms with Crippen molar-refractivity contribution in [2.75, 3.05) is 33.4 Å². The summed E-state index contributed by atoms with van der Waals surface area (Å²) in [6.45, 7) is 6.81. The first-order valence-corrected chi connectivity index (χ1v) is 9.40. The molecule has 1 aliphatic carbocycles. The van der Waals surface area contributed by atoms with E-state index in [1.807, 2.05) is 0 Å². The van der Waals surface area contributed by atoms with Gasteiger partial charge in [0.25, 0.3) is 10.2 Å². The van der Waals surface area contributed by atoms with E-state index in [1.54, 1.807) is 11.4 Å². The van der Waals surface area contributed by atoms with Gasteiger partial charge in [0, 0.05) is 44.9 Å². The Kier molecular flexibility index (Phi) is 6.02. The molecule has 2 fully saturated rings. The van der Waals surface area contributed by atoms with Gasteiger partial charge in [-0.3, -0.25) is 4.90 Å². The first kappa shape index (κ1) is 17.1. The van der Waals surface area contributed by atoms with E-state index in [0.717, 1.165) is 32.2 Å². The summed E-state index contributed by atoms with van der Waals surface area (Å²) in [4.78, 5) is 2.32. The molecule has 2 atom stereocenters. The summed E-state index contributed by atoms with van der Waals surface area (Å²) in [6.07, 6.45) is 4.20. The second kappa shape index (κ2) is 7.37. The van der Waals surface area contributed by atoms with Crippen LogP contribution in [0.5, 0.6) is 0 Å². The molecule has 2 rings (SSSR count). The molecule has 0 bridgehead atoms. The second-order valence-electron chi connectivity index (χ2n) is 6.35. The molecule has 0 aromatic heterocycles. The van der Waals surface area contributed by atoms with Gasteiger partial charge >= 0.3 is 0 Å². The van der Waals surface area contributed by atoms with Crippen molar-refractivity contribution < 1.29 is 13.2 Å². The smallest absolute Gasteiger partial charge is 0.279 e. The normalized spacial score (nSPS) is 30.0.